The number of nitrogens with zero attached hydrogens (tertiary/aromatic N) is 3. The zero-order valence-electron chi connectivity index (χ0n) is 17.4. The predicted octanol–water partition coefficient (Wildman–Crippen LogP) is 2.04. The van der Waals surface area contributed by atoms with Crippen molar-refractivity contribution in [3.05, 3.63) is 38.2 Å². The van der Waals surface area contributed by atoms with E-state index in [1.807, 2.05) is 25.7 Å². The molecule has 30 heavy (non-hydrogen) atoms. The van der Waals surface area contributed by atoms with Gasteiger partial charge in [0.05, 0.1) is 10.9 Å². The lowest BCUT2D eigenvalue weighted by Crippen LogP contribution is -2.40. The second-order valence-electron chi connectivity index (χ2n) is 8.13. The number of halogens is 2. The number of likely N-dealkylation sites (tertiary alicyclic amines) is 1. The lowest BCUT2D eigenvalue weighted by Gasteiger charge is -2.25. The SMILES string of the molecule is CCn1c(=O)[nH]c(=O)c2c(C(=O)N3CCC4CCC(C3)N4)cc(C(C)C)nc21.Cl.Cl. The number of pyridine rings is 1. The highest BCUT2D eigenvalue weighted by atomic mass is 35.5. The Labute approximate surface area is 187 Å². The first-order chi connectivity index (χ1) is 13.4. The van der Waals surface area contributed by atoms with Crippen molar-refractivity contribution in [1.29, 1.82) is 0 Å². The molecule has 4 rings (SSSR count). The molecule has 166 valence electrons. The normalized spacial score (nSPS) is 20.6. The van der Waals surface area contributed by atoms with Crippen LogP contribution in [0.4, 0.5) is 0 Å². The average molecular weight is 458 g/mol. The fourth-order valence-corrected chi connectivity index (χ4v) is 4.35. The van der Waals surface area contributed by atoms with E-state index in [0.717, 1.165) is 19.3 Å². The zero-order chi connectivity index (χ0) is 20.0. The van der Waals surface area contributed by atoms with Crippen LogP contribution in [0.2, 0.25) is 0 Å². The number of fused-ring (bicyclic) bond motifs is 3. The number of hydrogen-bond donors (Lipinski definition) is 2. The Morgan fingerprint density at radius 2 is 1.90 bits per heavy atom. The van der Waals surface area contributed by atoms with Gasteiger partial charge in [-0.25, -0.2) is 9.78 Å². The number of hydrogen-bond acceptors (Lipinski definition) is 5. The van der Waals surface area contributed by atoms with E-state index in [0.29, 0.717) is 48.6 Å². The fourth-order valence-electron chi connectivity index (χ4n) is 4.35. The molecule has 2 fully saturated rings. The van der Waals surface area contributed by atoms with Crippen molar-refractivity contribution in [2.75, 3.05) is 13.1 Å². The summed E-state index contributed by atoms with van der Waals surface area (Å²) in [5, 5.41) is 3.78. The first-order valence-corrected chi connectivity index (χ1v) is 10.1. The topological polar surface area (TPSA) is 100 Å². The molecule has 2 atom stereocenters. The van der Waals surface area contributed by atoms with Crippen molar-refractivity contribution in [3.8, 4) is 0 Å². The molecular formula is C20H29Cl2N5O3. The molecule has 2 bridgehead atoms. The number of rotatable bonds is 3. The van der Waals surface area contributed by atoms with Crippen LogP contribution >= 0.6 is 24.8 Å². The van der Waals surface area contributed by atoms with Gasteiger partial charge < -0.3 is 10.2 Å². The van der Waals surface area contributed by atoms with Crippen molar-refractivity contribution in [1.82, 2.24) is 24.8 Å². The van der Waals surface area contributed by atoms with Gasteiger partial charge in [0.2, 0.25) is 0 Å². The maximum Gasteiger partial charge on any atom is 0.329 e. The molecule has 2 unspecified atom stereocenters. The van der Waals surface area contributed by atoms with E-state index in [9.17, 15) is 14.4 Å². The molecule has 10 heteroatoms. The van der Waals surface area contributed by atoms with Gasteiger partial charge in [-0.15, -0.1) is 24.8 Å². The molecule has 4 heterocycles. The summed E-state index contributed by atoms with van der Waals surface area (Å²) in [7, 11) is 0. The second-order valence-corrected chi connectivity index (χ2v) is 8.13. The van der Waals surface area contributed by atoms with Gasteiger partial charge in [0.1, 0.15) is 0 Å². The average Bonchev–Trinajstić information content (AvgIpc) is 2.99. The summed E-state index contributed by atoms with van der Waals surface area (Å²) in [6.45, 7) is 7.46. The number of aryl methyl sites for hydroxylation is 1. The molecular weight excluding hydrogens is 429 g/mol. The van der Waals surface area contributed by atoms with Gasteiger partial charge >= 0.3 is 5.69 Å². The number of carbonyl (C=O) groups excluding carboxylic acids is 1. The largest absolute Gasteiger partial charge is 0.337 e. The molecule has 2 saturated heterocycles. The van der Waals surface area contributed by atoms with Crippen LogP contribution in [-0.4, -0.2) is 50.5 Å². The quantitative estimate of drug-likeness (QED) is 0.734. The Morgan fingerprint density at radius 1 is 1.20 bits per heavy atom. The minimum Gasteiger partial charge on any atom is -0.337 e. The van der Waals surface area contributed by atoms with Crippen molar-refractivity contribution in [2.45, 2.75) is 64.6 Å². The summed E-state index contributed by atoms with van der Waals surface area (Å²) in [5.41, 5.74) is 0.293. The van der Waals surface area contributed by atoms with E-state index in [1.165, 1.54) is 4.57 Å². The number of amides is 1. The molecule has 0 aliphatic carbocycles. The maximum atomic E-state index is 13.5. The summed E-state index contributed by atoms with van der Waals surface area (Å²) in [4.78, 5) is 47.2. The van der Waals surface area contributed by atoms with Gasteiger partial charge in [0.25, 0.3) is 11.5 Å². The summed E-state index contributed by atoms with van der Waals surface area (Å²) in [6, 6.07) is 2.50. The number of carbonyl (C=O) groups is 1. The van der Waals surface area contributed by atoms with E-state index in [2.05, 4.69) is 15.3 Å². The molecule has 2 aromatic heterocycles. The third-order valence-corrected chi connectivity index (χ3v) is 5.92. The molecule has 0 saturated carbocycles. The summed E-state index contributed by atoms with van der Waals surface area (Å²) in [6.07, 6.45) is 3.14. The number of aromatic amines is 1. The van der Waals surface area contributed by atoms with Crippen LogP contribution in [0.3, 0.4) is 0 Å². The van der Waals surface area contributed by atoms with Gasteiger partial charge in [-0.3, -0.25) is 19.1 Å². The van der Waals surface area contributed by atoms with Crippen molar-refractivity contribution >= 4 is 41.8 Å². The lowest BCUT2D eigenvalue weighted by molar-refractivity contribution is 0.0750. The van der Waals surface area contributed by atoms with Crippen LogP contribution in [0.25, 0.3) is 11.0 Å². The van der Waals surface area contributed by atoms with Crippen molar-refractivity contribution < 1.29 is 4.79 Å². The Hall–Kier alpha value is -1.90. The molecule has 2 N–H and O–H groups in total. The van der Waals surface area contributed by atoms with Crippen LogP contribution in [-0.2, 0) is 6.54 Å². The summed E-state index contributed by atoms with van der Waals surface area (Å²) in [5.74, 6) is -0.0899. The first-order valence-electron chi connectivity index (χ1n) is 10.1. The Bertz CT molecular complexity index is 1050. The highest BCUT2D eigenvalue weighted by molar-refractivity contribution is 6.05. The summed E-state index contributed by atoms with van der Waals surface area (Å²) >= 11 is 0. The molecule has 1 amide bonds. The van der Waals surface area contributed by atoms with Crippen molar-refractivity contribution in [3.63, 3.8) is 0 Å². The van der Waals surface area contributed by atoms with Crippen LogP contribution in [0.15, 0.2) is 15.7 Å². The van der Waals surface area contributed by atoms with Crippen LogP contribution in [0.1, 0.15) is 62.0 Å². The third-order valence-electron chi connectivity index (χ3n) is 5.92. The number of aromatic nitrogens is 3. The molecule has 0 aromatic carbocycles. The Morgan fingerprint density at radius 3 is 2.57 bits per heavy atom. The standard InChI is InChI=1S/C20H27N5O3.2ClH/c1-4-25-17-16(18(26)23-20(25)28)14(9-15(22-17)11(2)3)19(27)24-8-7-12-5-6-13(10-24)21-12;;/h9,11-13,21H,4-8,10H2,1-3H3,(H,23,26,28);2*1H. The smallest absolute Gasteiger partial charge is 0.329 e. The highest BCUT2D eigenvalue weighted by Gasteiger charge is 2.32. The van der Waals surface area contributed by atoms with Crippen molar-refractivity contribution in [2.24, 2.45) is 0 Å². The maximum absolute atomic E-state index is 13.5. The monoisotopic (exact) mass is 457 g/mol. The van der Waals surface area contributed by atoms with Gasteiger partial charge in [-0.1, -0.05) is 13.8 Å². The highest BCUT2D eigenvalue weighted by Crippen LogP contribution is 2.25. The minimum absolute atomic E-state index is 0. The van der Waals surface area contributed by atoms with Crippen LogP contribution in [0.5, 0.6) is 0 Å². The first kappa shape index (κ1) is 24.4. The third kappa shape index (κ3) is 4.26. The van der Waals surface area contributed by atoms with E-state index < -0.39 is 11.2 Å². The van der Waals surface area contributed by atoms with Gasteiger partial charge in [-0.05, 0) is 38.2 Å². The van der Waals surface area contributed by atoms with Gasteiger partial charge in [0, 0.05) is 37.4 Å². The van der Waals surface area contributed by atoms with Crippen LogP contribution in [0, 0.1) is 0 Å². The zero-order valence-corrected chi connectivity index (χ0v) is 19.1. The van der Waals surface area contributed by atoms with Gasteiger partial charge in [-0.2, -0.15) is 0 Å². The van der Waals surface area contributed by atoms with Crippen LogP contribution < -0.4 is 16.6 Å². The van der Waals surface area contributed by atoms with E-state index >= 15 is 0 Å². The minimum atomic E-state index is -0.551. The van der Waals surface area contributed by atoms with Gasteiger partial charge in [0.15, 0.2) is 5.65 Å². The molecule has 0 spiro atoms. The number of nitrogens with one attached hydrogen (secondary N) is 2. The van der Waals surface area contributed by atoms with E-state index in [-0.39, 0.29) is 42.0 Å². The Balaban J connectivity index is 0.00000160. The summed E-state index contributed by atoms with van der Waals surface area (Å²) < 4.78 is 1.42. The fraction of sp³-hybridized carbons (Fsp3) is 0.600. The lowest BCUT2D eigenvalue weighted by atomic mass is 10.0. The molecule has 0 radical (unpaired) electrons. The predicted molar refractivity (Wildman–Crippen MR) is 121 cm³/mol. The molecule has 2 aromatic rings. The number of H-pyrrole nitrogens is 1. The Kier molecular flexibility index (Phi) is 7.71. The van der Waals surface area contributed by atoms with E-state index in [4.69, 9.17) is 0 Å². The molecule has 2 aliphatic heterocycles. The second kappa shape index (κ2) is 9.49. The molecule has 8 nitrogen and oxygen atoms in total. The van der Waals surface area contributed by atoms with E-state index in [1.54, 1.807) is 6.07 Å². The molecule has 2 aliphatic rings.